The van der Waals surface area contributed by atoms with Crippen molar-refractivity contribution in [3.05, 3.63) is 35.9 Å². The highest BCUT2D eigenvalue weighted by Gasteiger charge is 2.15. The lowest BCUT2D eigenvalue weighted by molar-refractivity contribution is -0.118. The van der Waals surface area contributed by atoms with Gasteiger partial charge in [0.05, 0.1) is 5.75 Å². The summed E-state index contributed by atoms with van der Waals surface area (Å²) in [7, 11) is -1.55. The predicted octanol–water partition coefficient (Wildman–Crippen LogP) is 0.791. The Labute approximate surface area is 132 Å². The highest BCUT2D eigenvalue weighted by atomic mass is 35.5. The molecule has 0 saturated carbocycles. The van der Waals surface area contributed by atoms with Crippen molar-refractivity contribution in [1.82, 2.24) is 10.6 Å². The second-order valence-corrected chi connectivity index (χ2v) is 6.82. The van der Waals surface area contributed by atoms with Crippen LogP contribution in [0.3, 0.4) is 0 Å². The van der Waals surface area contributed by atoms with Crippen molar-refractivity contribution in [2.45, 2.75) is 12.8 Å². The number of benzene rings is 1. The van der Waals surface area contributed by atoms with E-state index in [4.69, 9.17) is 0 Å². The zero-order valence-electron chi connectivity index (χ0n) is 12.2. The highest BCUT2D eigenvalue weighted by Crippen LogP contribution is 2.04. The number of likely N-dealkylation sites (N-methyl/N-ethyl adjacent to an activating group) is 1. The van der Waals surface area contributed by atoms with Gasteiger partial charge in [-0.25, -0.2) is 8.42 Å². The maximum absolute atomic E-state index is 11.8. The van der Waals surface area contributed by atoms with E-state index in [1.165, 1.54) is 0 Å². The third-order valence-corrected chi connectivity index (χ3v) is 4.42. The van der Waals surface area contributed by atoms with Gasteiger partial charge in [-0.2, -0.15) is 0 Å². The minimum Gasteiger partial charge on any atom is -0.354 e. The lowest BCUT2D eigenvalue weighted by Crippen LogP contribution is -2.35. The van der Waals surface area contributed by atoms with Gasteiger partial charge in [0.2, 0.25) is 5.91 Å². The summed E-state index contributed by atoms with van der Waals surface area (Å²) in [4.78, 5) is 11.4. The first-order valence-electron chi connectivity index (χ1n) is 6.69. The summed E-state index contributed by atoms with van der Waals surface area (Å²) in [6.07, 6.45) is 1.25. The van der Waals surface area contributed by atoms with E-state index in [0.717, 1.165) is 5.56 Å². The number of amides is 1. The van der Waals surface area contributed by atoms with Crippen LogP contribution in [0.15, 0.2) is 30.3 Å². The van der Waals surface area contributed by atoms with E-state index in [9.17, 15) is 13.2 Å². The zero-order chi connectivity index (χ0) is 14.8. The van der Waals surface area contributed by atoms with Crippen molar-refractivity contribution < 1.29 is 13.2 Å². The van der Waals surface area contributed by atoms with Crippen LogP contribution in [0, 0.1) is 0 Å². The summed E-state index contributed by atoms with van der Waals surface area (Å²) >= 11 is 0. The number of hydrogen-bond donors (Lipinski definition) is 2. The monoisotopic (exact) mass is 334 g/mol. The number of sulfone groups is 1. The van der Waals surface area contributed by atoms with Crippen LogP contribution in [0.2, 0.25) is 0 Å². The number of rotatable bonds is 9. The molecule has 0 aromatic heterocycles. The van der Waals surface area contributed by atoms with Gasteiger partial charge < -0.3 is 10.6 Å². The van der Waals surface area contributed by atoms with Crippen LogP contribution < -0.4 is 10.6 Å². The smallest absolute Gasteiger partial charge is 0.235 e. The fourth-order valence-corrected chi connectivity index (χ4v) is 3.02. The third-order valence-electron chi connectivity index (χ3n) is 2.81. The molecule has 5 nitrogen and oxygen atoms in total. The van der Waals surface area contributed by atoms with Crippen LogP contribution in [0.5, 0.6) is 0 Å². The normalized spacial score (nSPS) is 10.7. The molecule has 0 atom stereocenters. The Morgan fingerprint density at radius 1 is 1.14 bits per heavy atom. The Balaban J connectivity index is 0.00000400. The fraction of sp³-hybridized carbons (Fsp3) is 0.500. The standard InChI is InChI=1S/C14H22N2O3S.ClH/c1-15-9-10-16-14(17)12-20(18,19)11-5-8-13-6-3-2-4-7-13;/h2-4,6-7,15H,5,8-12H2,1H3,(H,16,17);1H. The molecule has 0 heterocycles. The van der Waals surface area contributed by atoms with Crippen LogP contribution >= 0.6 is 12.4 Å². The van der Waals surface area contributed by atoms with Crippen molar-refractivity contribution in [3.63, 3.8) is 0 Å². The molecule has 0 saturated heterocycles. The van der Waals surface area contributed by atoms with Crippen LogP contribution in [-0.2, 0) is 21.1 Å². The first-order chi connectivity index (χ1) is 9.53. The van der Waals surface area contributed by atoms with Crippen molar-refractivity contribution >= 4 is 28.2 Å². The minimum atomic E-state index is -3.32. The molecule has 0 spiro atoms. The van der Waals surface area contributed by atoms with E-state index >= 15 is 0 Å². The molecule has 21 heavy (non-hydrogen) atoms. The first kappa shape index (κ1) is 19.9. The summed E-state index contributed by atoms with van der Waals surface area (Å²) in [6.45, 7) is 1.06. The van der Waals surface area contributed by atoms with Crippen LogP contribution in [-0.4, -0.2) is 46.0 Å². The molecular formula is C14H23ClN2O3S. The summed E-state index contributed by atoms with van der Waals surface area (Å²) in [5, 5.41) is 5.44. The highest BCUT2D eigenvalue weighted by molar-refractivity contribution is 7.92. The molecule has 0 aliphatic carbocycles. The van der Waals surface area contributed by atoms with Gasteiger partial charge in [-0.05, 0) is 25.5 Å². The molecule has 0 unspecified atom stereocenters. The molecule has 1 amide bonds. The molecule has 0 fully saturated rings. The predicted molar refractivity (Wildman–Crippen MR) is 87.6 cm³/mol. The quantitative estimate of drug-likeness (QED) is 0.655. The first-order valence-corrected chi connectivity index (χ1v) is 8.51. The number of nitrogens with one attached hydrogen (secondary N) is 2. The second-order valence-electron chi connectivity index (χ2n) is 4.63. The Morgan fingerprint density at radius 2 is 1.81 bits per heavy atom. The van der Waals surface area contributed by atoms with Crippen molar-refractivity contribution in [2.24, 2.45) is 0 Å². The average molecular weight is 335 g/mol. The summed E-state index contributed by atoms with van der Waals surface area (Å²) < 4.78 is 23.6. The van der Waals surface area contributed by atoms with E-state index in [0.29, 0.717) is 25.9 Å². The molecule has 0 radical (unpaired) electrons. The molecule has 7 heteroatoms. The Kier molecular flexibility index (Phi) is 10.0. The van der Waals surface area contributed by atoms with Gasteiger partial charge >= 0.3 is 0 Å². The number of carbonyl (C=O) groups is 1. The third kappa shape index (κ3) is 9.44. The Morgan fingerprint density at radius 3 is 2.43 bits per heavy atom. The molecule has 1 aromatic rings. The Bertz CT molecular complexity index is 506. The van der Waals surface area contributed by atoms with E-state index in [1.807, 2.05) is 30.3 Å². The molecule has 1 rings (SSSR count). The van der Waals surface area contributed by atoms with Gasteiger partial charge in [-0.1, -0.05) is 30.3 Å². The fourth-order valence-electron chi connectivity index (χ4n) is 1.79. The average Bonchev–Trinajstić information content (AvgIpc) is 2.39. The molecule has 120 valence electrons. The largest absolute Gasteiger partial charge is 0.354 e. The molecule has 1 aromatic carbocycles. The minimum absolute atomic E-state index is 0. The van der Waals surface area contributed by atoms with Crippen LogP contribution in [0.25, 0.3) is 0 Å². The van der Waals surface area contributed by atoms with Gasteiger partial charge in [-0.3, -0.25) is 4.79 Å². The van der Waals surface area contributed by atoms with Crippen molar-refractivity contribution in [2.75, 3.05) is 31.6 Å². The molecular weight excluding hydrogens is 312 g/mol. The summed E-state index contributed by atoms with van der Waals surface area (Å²) in [5.74, 6) is -0.813. The van der Waals surface area contributed by atoms with E-state index in [1.54, 1.807) is 7.05 Å². The van der Waals surface area contributed by atoms with E-state index in [-0.39, 0.29) is 18.2 Å². The molecule has 0 bridgehead atoms. The number of carbonyl (C=O) groups excluding carboxylic acids is 1. The molecule has 2 N–H and O–H groups in total. The number of aryl methyl sites for hydroxylation is 1. The van der Waals surface area contributed by atoms with Crippen LogP contribution in [0.4, 0.5) is 0 Å². The van der Waals surface area contributed by atoms with Gasteiger partial charge in [0.1, 0.15) is 5.75 Å². The van der Waals surface area contributed by atoms with Gasteiger partial charge in [0, 0.05) is 13.1 Å². The number of halogens is 1. The maximum Gasteiger partial charge on any atom is 0.235 e. The molecule has 0 aliphatic rings. The SMILES string of the molecule is CNCCNC(=O)CS(=O)(=O)CCCc1ccccc1.Cl. The number of hydrogen-bond acceptors (Lipinski definition) is 4. The van der Waals surface area contributed by atoms with Gasteiger partial charge in [0.25, 0.3) is 0 Å². The summed E-state index contributed by atoms with van der Waals surface area (Å²) in [5.41, 5.74) is 1.11. The maximum atomic E-state index is 11.8. The lowest BCUT2D eigenvalue weighted by atomic mass is 10.1. The van der Waals surface area contributed by atoms with Crippen molar-refractivity contribution in [1.29, 1.82) is 0 Å². The van der Waals surface area contributed by atoms with Gasteiger partial charge in [0.15, 0.2) is 9.84 Å². The Hall–Kier alpha value is -1.11. The van der Waals surface area contributed by atoms with Crippen molar-refractivity contribution in [3.8, 4) is 0 Å². The lowest BCUT2D eigenvalue weighted by Gasteiger charge is -2.06. The topological polar surface area (TPSA) is 75.3 Å². The van der Waals surface area contributed by atoms with Crippen LogP contribution in [0.1, 0.15) is 12.0 Å². The second kappa shape index (κ2) is 10.6. The van der Waals surface area contributed by atoms with E-state index in [2.05, 4.69) is 10.6 Å². The van der Waals surface area contributed by atoms with Gasteiger partial charge in [-0.15, -0.1) is 12.4 Å². The molecule has 0 aliphatic heterocycles. The zero-order valence-corrected chi connectivity index (χ0v) is 13.8. The van der Waals surface area contributed by atoms with E-state index < -0.39 is 21.5 Å². The summed E-state index contributed by atoms with van der Waals surface area (Å²) in [6, 6.07) is 9.72.